The minimum Gasteiger partial charge on any atom is -0.289 e. The van der Waals surface area contributed by atoms with E-state index in [1.165, 1.54) is 22.7 Å². The van der Waals surface area contributed by atoms with Gasteiger partial charge in [0.25, 0.3) is 5.91 Å². The van der Waals surface area contributed by atoms with E-state index in [0.29, 0.717) is 0 Å². The molecule has 3 heterocycles. The summed E-state index contributed by atoms with van der Waals surface area (Å²) in [4.78, 5) is 28.0. The van der Waals surface area contributed by atoms with Crippen LogP contribution >= 0.6 is 0 Å². The van der Waals surface area contributed by atoms with Gasteiger partial charge in [0.15, 0.2) is 11.5 Å². The van der Waals surface area contributed by atoms with Crippen LogP contribution in [0, 0.1) is 5.82 Å². The van der Waals surface area contributed by atoms with E-state index in [9.17, 15) is 14.0 Å². The number of fused-ring (bicyclic) bond motifs is 1. The lowest BCUT2D eigenvalue weighted by atomic mass is 10.2. The molecule has 0 saturated heterocycles. The Hall–Kier alpha value is -3.82. The Morgan fingerprint density at radius 2 is 1.96 bits per heavy atom. The molecule has 0 aliphatic rings. The molecular weight excluding hydrogens is 329 g/mol. The predicted octanol–water partition coefficient (Wildman–Crippen LogP) is 1.20. The third kappa shape index (κ3) is 2.55. The highest BCUT2D eigenvalue weighted by molar-refractivity contribution is 6.07. The minimum atomic E-state index is -0.552. The van der Waals surface area contributed by atoms with Gasteiger partial charge in [-0.2, -0.15) is 10.1 Å². The van der Waals surface area contributed by atoms with Crippen LogP contribution in [0.4, 0.5) is 10.3 Å². The van der Waals surface area contributed by atoms with Gasteiger partial charge in [0.1, 0.15) is 5.82 Å². The van der Waals surface area contributed by atoms with Crippen molar-refractivity contribution < 1.29 is 9.18 Å². The lowest BCUT2D eigenvalue weighted by Crippen LogP contribution is -2.16. The van der Waals surface area contributed by atoms with Gasteiger partial charge in [0, 0.05) is 6.20 Å². The molecule has 0 aliphatic heterocycles. The number of aromatic nitrogens is 6. The zero-order valence-corrected chi connectivity index (χ0v) is 12.5. The zero-order valence-electron chi connectivity index (χ0n) is 12.5. The average molecular weight is 339 g/mol. The Morgan fingerprint density at radius 1 is 1.12 bits per heavy atom. The second-order valence-electron chi connectivity index (χ2n) is 5.09. The molecule has 10 heteroatoms. The third-order valence-electron chi connectivity index (χ3n) is 3.53. The number of hydrogen-bond donors (Lipinski definition) is 3. The number of carbonyl (C=O) groups excluding carboxylic acids is 1. The first-order valence-corrected chi connectivity index (χ1v) is 7.18. The third-order valence-corrected chi connectivity index (χ3v) is 3.53. The molecule has 4 rings (SSSR count). The number of aromatic amines is 2. The summed E-state index contributed by atoms with van der Waals surface area (Å²) in [5.41, 5.74) is 0.119. The number of nitrogens with zero attached hydrogens (tertiary/aromatic N) is 4. The summed E-state index contributed by atoms with van der Waals surface area (Å²) in [6, 6.07) is 9.11. The number of halogens is 1. The van der Waals surface area contributed by atoms with Gasteiger partial charge >= 0.3 is 5.69 Å². The van der Waals surface area contributed by atoms with Gasteiger partial charge in [-0.05, 0) is 24.3 Å². The first-order chi connectivity index (χ1) is 12.1. The number of carbonyl (C=O) groups is 1. The molecule has 124 valence electrons. The van der Waals surface area contributed by atoms with Crippen molar-refractivity contribution in [2.75, 3.05) is 5.32 Å². The standard InChI is InChI=1S/C15H10FN7O2/c16-10-6-2-1-4-8(10)11-17-14(21-19-11)18-13(24)9-5-3-7-23-12(9)20-22-15(23)25/h1-7H,(H,22,25)(H2,17,18,19,21,24). The predicted molar refractivity (Wildman–Crippen MR) is 85.5 cm³/mol. The van der Waals surface area contributed by atoms with E-state index in [4.69, 9.17) is 0 Å². The molecule has 3 N–H and O–H groups in total. The molecule has 0 spiro atoms. The first kappa shape index (κ1) is 14.8. The summed E-state index contributed by atoms with van der Waals surface area (Å²) in [6.45, 7) is 0. The highest BCUT2D eigenvalue weighted by Crippen LogP contribution is 2.19. The summed E-state index contributed by atoms with van der Waals surface area (Å²) in [5.74, 6) is -0.855. The maximum absolute atomic E-state index is 13.8. The second kappa shape index (κ2) is 5.67. The molecular formula is C15H10FN7O2. The molecule has 0 atom stereocenters. The Morgan fingerprint density at radius 3 is 2.80 bits per heavy atom. The Kier molecular flexibility index (Phi) is 3.35. The average Bonchev–Trinajstić information content (AvgIpc) is 3.22. The monoisotopic (exact) mass is 339 g/mol. The van der Waals surface area contributed by atoms with Crippen LogP contribution in [0.15, 0.2) is 47.4 Å². The van der Waals surface area contributed by atoms with Crippen LogP contribution < -0.4 is 11.0 Å². The molecule has 1 amide bonds. The first-order valence-electron chi connectivity index (χ1n) is 7.18. The van der Waals surface area contributed by atoms with Crippen LogP contribution in [0.2, 0.25) is 0 Å². The molecule has 0 radical (unpaired) electrons. The fourth-order valence-corrected chi connectivity index (χ4v) is 2.37. The van der Waals surface area contributed by atoms with E-state index in [-0.39, 0.29) is 28.5 Å². The fraction of sp³-hybridized carbons (Fsp3) is 0. The van der Waals surface area contributed by atoms with Crippen LogP contribution in [0.1, 0.15) is 10.4 Å². The highest BCUT2D eigenvalue weighted by Gasteiger charge is 2.16. The van der Waals surface area contributed by atoms with Crippen LogP contribution in [0.3, 0.4) is 0 Å². The van der Waals surface area contributed by atoms with Gasteiger partial charge in [-0.25, -0.2) is 18.7 Å². The van der Waals surface area contributed by atoms with E-state index in [1.54, 1.807) is 24.3 Å². The molecule has 3 aromatic heterocycles. The topological polar surface area (TPSA) is 121 Å². The maximum atomic E-state index is 13.8. The summed E-state index contributed by atoms with van der Waals surface area (Å²) in [6.07, 6.45) is 1.49. The largest absolute Gasteiger partial charge is 0.347 e. The SMILES string of the molecule is O=C(Nc1n[nH]c(-c2ccccc2F)n1)c1cccn2c(=O)[nH]nc12. The van der Waals surface area contributed by atoms with Crippen LogP contribution in [-0.2, 0) is 0 Å². The molecule has 0 fully saturated rings. The normalized spacial score (nSPS) is 10.9. The maximum Gasteiger partial charge on any atom is 0.347 e. The van der Waals surface area contributed by atoms with Gasteiger partial charge < -0.3 is 0 Å². The van der Waals surface area contributed by atoms with Crippen molar-refractivity contribution in [3.8, 4) is 11.4 Å². The Labute approximate surface area is 138 Å². The van der Waals surface area contributed by atoms with Crippen molar-refractivity contribution >= 4 is 17.5 Å². The number of pyridine rings is 1. The molecule has 0 unspecified atom stereocenters. The quantitative estimate of drug-likeness (QED) is 0.518. The number of anilines is 1. The lowest BCUT2D eigenvalue weighted by Gasteiger charge is -2.01. The number of benzene rings is 1. The molecule has 25 heavy (non-hydrogen) atoms. The van der Waals surface area contributed by atoms with Crippen molar-refractivity contribution in [1.82, 2.24) is 29.8 Å². The molecule has 0 aliphatic carbocycles. The van der Waals surface area contributed by atoms with Gasteiger partial charge in [0.2, 0.25) is 5.95 Å². The van der Waals surface area contributed by atoms with Crippen LogP contribution in [0.25, 0.3) is 17.0 Å². The van der Waals surface area contributed by atoms with E-state index < -0.39 is 17.4 Å². The zero-order chi connectivity index (χ0) is 17.4. The van der Waals surface area contributed by atoms with E-state index in [0.717, 1.165) is 0 Å². The van der Waals surface area contributed by atoms with E-state index in [1.807, 2.05) is 0 Å². The number of rotatable bonds is 3. The second-order valence-corrected chi connectivity index (χ2v) is 5.09. The summed E-state index contributed by atoms with van der Waals surface area (Å²) in [5, 5.41) is 15.0. The van der Waals surface area contributed by atoms with Gasteiger partial charge in [0.05, 0.1) is 11.1 Å². The Bertz CT molecular complexity index is 1140. The Balaban J connectivity index is 1.63. The summed E-state index contributed by atoms with van der Waals surface area (Å²) in [7, 11) is 0. The van der Waals surface area contributed by atoms with E-state index in [2.05, 4.69) is 30.7 Å². The van der Waals surface area contributed by atoms with Gasteiger partial charge in [-0.1, -0.05) is 12.1 Å². The molecule has 0 saturated carbocycles. The molecule has 4 aromatic rings. The van der Waals surface area contributed by atoms with E-state index >= 15 is 0 Å². The molecule has 1 aromatic carbocycles. The van der Waals surface area contributed by atoms with Gasteiger partial charge in [-0.3, -0.25) is 15.2 Å². The lowest BCUT2D eigenvalue weighted by molar-refractivity contribution is 0.102. The van der Waals surface area contributed by atoms with Crippen LogP contribution in [-0.4, -0.2) is 35.7 Å². The number of H-pyrrole nitrogens is 2. The van der Waals surface area contributed by atoms with Gasteiger partial charge in [-0.15, -0.1) is 5.10 Å². The number of hydrogen-bond acceptors (Lipinski definition) is 5. The van der Waals surface area contributed by atoms with Crippen LogP contribution in [0.5, 0.6) is 0 Å². The van der Waals surface area contributed by atoms with Crippen molar-refractivity contribution in [2.45, 2.75) is 0 Å². The van der Waals surface area contributed by atoms with Crippen molar-refractivity contribution in [3.05, 3.63) is 64.5 Å². The van der Waals surface area contributed by atoms with Crippen molar-refractivity contribution in [2.24, 2.45) is 0 Å². The summed E-state index contributed by atoms with van der Waals surface area (Å²) >= 11 is 0. The van der Waals surface area contributed by atoms with Crippen molar-refractivity contribution in [1.29, 1.82) is 0 Å². The number of nitrogens with one attached hydrogen (secondary N) is 3. The number of amides is 1. The van der Waals surface area contributed by atoms with Crippen molar-refractivity contribution in [3.63, 3.8) is 0 Å². The summed E-state index contributed by atoms with van der Waals surface area (Å²) < 4.78 is 15.0. The smallest absolute Gasteiger partial charge is 0.289 e. The minimum absolute atomic E-state index is 0.0249. The fourth-order valence-electron chi connectivity index (χ4n) is 2.37. The molecule has 0 bridgehead atoms. The molecule has 9 nitrogen and oxygen atoms in total. The highest BCUT2D eigenvalue weighted by atomic mass is 19.1.